The van der Waals surface area contributed by atoms with Crippen LogP contribution in [0.25, 0.3) is 0 Å². The van der Waals surface area contributed by atoms with E-state index in [2.05, 4.69) is 39.5 Å². The quantitative estimate of drug-likeness (QED) is 0.723. The Balaban J connectivity index is 1.41. The highest BCUT2D eigenvalue weighted by molar-refractivity contribution is 6.40. The number of para-hydroxylation sites is 3. The second-order valence-corrected chi connectivity index (χ2v) is 8.02. The van der Waals surface area contributed by atoms with Crippen molar-refractivity contribution in [2.24, 2.45) is 0 Å². The van der Waals surface area contributed by atoms with E-state index < -0.39 is 11.8 Å². The highest BCUT2D eigenvalue weighted by Crippen LogP contribution is 2.38. The largest absolute Gasteiger partial charge is 0.346 e. The predicted molar refractivity (Wildman–Crippen MR) is 120 cm³/mol. The lowest BCUT2D eigenvalue weighted by atomic mass is 10.1. The zero-order valence-electron chi connectivity index (χ0n) is 17.6. The zero-order chi connectivity index (χ0) is 20.9. The molecule has 2 aliphatic rings. The molecule has 6 nitrogen and oxygen atoms in total. The summed E-state index contributed by atoms with van der Waals surface area (Å²) in [5.41, 5.74) is 4.01. The van der Waals surface area contributed by atoms with Crippen molar-refractivity contribution < 1.29 is 9.59 Å². The zero-order valence-corrected chi connectivity index (χ0v) is 17.6. The summed E-state index contributed by atoms with van der Waals surface area (Å²) < 4.78 is 0. The van der Waals surface area contributed by atoms with Crippen LogP contribution in [0.5, 0.6) is 0 Å². The molecule has 4 rings (SSSR count). The van der Waals surface area contributed by atoms with Crippen LogP contribution in [-0.4, -0.2) is 48.9 Å². The number of hydrogen-bond donors (Lipinski definition) is 2. The van der Waals surface area contributed by atoms with Gasteiger partial charge >= 0.3 is 11.8 Å². The van der Waals surface area contributed by atoms with Crippen molar-refractivity contribution in [3.8, 4) is 0 Å². The normalized spacial score (nSPS) is 16.9. The lowest BCUT2D eigenvalue weighted by molar-refractivity contribution is -0.136. The summed E-state index contributed by atoms with van der Waals surface area (Å²) in [4.78, 5) is 29.6. The average molecular weight is 407 g/mol. The van der Waals surface area contributed by atoms with E-state index in [1.807, 2.05) is 36.4 Å². The van der Waals surface area contributed by atoms with Gasteiger partial charge in [-0.15, -0.1) is 0 Å². The molecule has 0 spiro atoms. The van der Waals surface area contributed by atoms with Gasteiger partial charge in [0.2, 0.25) is 0 Å². The molecule has 0 saturated carbocycles. The van der Waals surface area contributed by atoms with E-state index in [9.17, 15) is 9.59 Å². The Hall–Kier alpha value is -2.86. The third-order valence-electron chi connectivity index (χ3n) is 6.16. The van der Waals surface area contributed by atoms with Crippen LogP contribution in [0.2, 0.25) is 0 Å². The van der Waals surface area contributed by atoms with E-state index in [1.165, 1.54) is 18.4 Å². The molecule has 2 amide bonds. The van der Waals surface area contributed by atoms with E-state index in [1.54, 1.807) is 0 Å². The first-order valence-corrected chi connectivity index (χ1v) is 10.9. The fraction of sp³-hybridized carbons (Fsp3) is 0.417. The molecule has 0 aliphatic carbocycles. The van der Waals surface area contributed by atoms with E-state index >= 15 is 0 Å². The van der Waals surface area contributed by atoms with Crippen LogP contribution in [0.3, 0.4) is 0 Å². The van der Waals surface area contributed by atoms with Gasteiger partial charge in [0.05, 0.1) is 11.4 Å². The summed E-state index contributed by atoms with van der Waals surface area (Å²) in [6.45, 7) is 5.63. The minimum atomic E-state index is -0.619. The molecular formula is C24H30N4O2. The van der Waals surface area contributed by atoms with Crippen molar-refractivity contribution in [1.29, 1.82) is 0 Å². The van der Waals surface area contributed by atoms with Crippen LogP contribution in [0.1, 0.15) is 31.7 Å². The SMILES string of the molecule is CC[C@H](CNC(=O)C(=O)Nc1ccccc1N1CCc2ccccc21)N1CCCC1. The number of carbonyl (C=O) groups is 2. The van der Waals surface area contributed by atoms with Crippen LogP contribution >= 0.6 is 0 Å². The van der Waals surface area contributed by atoms with Gasteiger partial charge in [0, 0.05) is 24.8 Å². The van der Waals surface area contributed by atoms with Gasteiger partial charge in [-0.3, -0.25) is 14.5 Å². The van der Waals surface area contributed by atoms with Crippen molar-refractivity contribution >= 4 is 28.9 Å². The monoisotopic (exact) mass is 406 g/mol. The van der Waals surface area contributed by atoms with Gasteiger partial charge < -0.3 is 15.5 Å². The van der Waals surface area contributed by atoms with Gasteiger partial charge in [0.15, 0.2) is 0 Å². The maximum absolute atomic E-state index is 12.6. The van der Waals surface area contributed by atoms with Gasteiger partial charge in [-0.1, -0.05) is 37.3 Å². The summed E-state index contributed by atoms with van der Waals surface area (Å²) in [6, 6.07) is 16.2. The first-order valence-electron chi connectivity index (χ1n) is 10.9. The Morgan fingerprint density at radius 2 is 1.63 bits per heavy atom. The number of nitrogens with one attached hydrogen (secondary N) is 2. The third-order valence-corrected chi connectivity index (χ3v) is 6.16. The molecule has 2 aromatic rings. The van der Waals surface area contributed by atoms with Gasteiger partial charge in [0.1, 0.15) is 0 Å². The molecule has 1 fully saturated rings. The smallest absolute Gasteiger partial charge is 0.313 e. The van der Waals surface area contributed by atoms with Crippen LogP contribution in [0.4, 0.5) is 17.1 Å². The first-order chi connectivity index (χ1) is 14.7. The summed E-state index contributed by atoms with van der Waals surface area (Å²) in [5, 5.41) is 5.65. The van der Waals surface area contributed by atoms with Gasteiger partial charge in [-0.2, -0.15) is 0 Å². The number of likely N-dealkylation sites (tertiary alicyclic amines) is 1. The molecule has 158 valence electrons. The second-order valence-electron chi connectivity index (χ2n) is 8.02. The number of amides is 2. The van der Waals surface area contributed by atoms with Crippen molar-refractivity contribution in [1.82, 2.24) is 10.2 Å². The number of nitrogens with zero attached hydrogens (tertiary/aromatic N) is 2. The van der Waals surface area contributed by atoms with Gasteiger partial charge in [0.25, 0.3) is 0 Å². The standard InChI is InChI=1S/C24H30N4O2/c1-2-19(27-14-7-8-15-27)17-25-23(29)24(30)26-20-10-4-6-12-22(20)28-16-13-18-9-3-5-11-21(18)28/h3-6,9-12,19H,2,7-8,13-17H2,1H3,(H,25,29)(H,26,30)/t19-/m1/s1. The van der Waals surface area contributed by atoms with Crippen LogP contribution in [0, 0.1) is 0 Å². The number of hydrogen-bond acceptors (Lipinski definition) is 4. The van der Waals surface area contributed by atoms with Crippen LogP contribution in [-0.2, 0) is 16.0 Å². The first kappa shape index (κ1) is 20.4. The molecule has 1 atom stereocenters. The Bertz CT molecular complexity index is 908. The number of carbonyl (C=O) groups excluding carboxylic acids is 2. The lowest BCUT2D eigenvalue weighted by Gasteiger charge is -2.26. The van der Waals surface area contributed by atoms with Crippen LogP contribution in [0.15, 0.2) is 48.5 Å². The molecule has 2 aliphatic heterocycles. The molecule has 30 heavy (non-hydrogen) atoms. The number of anilines is 3. The molecule has 6 heteroatoms. The summed E-state index contributed by atoms with van der Waals surface area (Å²) in [6.07, 6.45) is 4.34. The molecule has 0 radical (unpaired) electrons. The molecule has 2 heterocycles. The Labute approximate surface area is 178 Å². The van der Waals surface area contributed by atoms with Crippen molar-refractivity contribution in [3.05, 3.63) is 54.1 Å². The van der Waals surface area contributed by atoms with Crippen molar-refractivity contribution in [3.63, 3.8) is 0 Å². The van der Waals surface area contributed by atoms with Gasteiger partial charge in [-0.25, -0.2) is 0 Å². The highest BCUT2D eigenvalue weighted by Gasteiger charge is 2.25. The minimum absolute atomic E-state index is 0.289. The fourth-order valence-electron chi connectivity index (χ4n) is 4.51. The van der Waals surface area contributed by atoms with Crippen LogP contribution < -0.4 is 15.5 Å². The Morgan fingerprint density at radius 1 is 0.933 bits per heavy atom. The highest BCUT2D eigenvalue weighted by atomic mass is 16.2. The molecule has 2 N–H and O–H groups in total. The lowest BCUT2D eigenvalue weighted by Crippen LogP contribution is -2.45. The molecule has 0 bridgehead atoms. The minimum Gasteiger partial charge on any atom is -0.346 e. The number of fused-ring (bicyclic) bond motifs is 1. The molecule has 0 aromatic heterocycles. The Kier molecular flexibility index (Phi) is 6.33. The van der Waals surface area contributed by atoms with Crippen molar-refractivity contribution in [2.75, 3.05) is 36.4 Å². The fourth-order valence-corrected chi connectivity index (χ4v) is 4.51. The molecule has 2 aromatic carbocycles. The maximum Gasteiger partial charge on any atom is 0.313 e. The molecule has 0 unspecified atom stereocenters. The second kappa shape index (κ2) is 9.30. The van der Waals surface area contributed by atoms with E-state index in [0.29, 0.717) is 12.2 Å². The topological polar surface area (TPSA) is 64.7 Å². The summed E-state index contributed by atoms with van der Waals surface area (Å²) in [5.74, 6) is -1.20. The molecule has 1 saturated heterocycles. The third kappa shape index (κ3) is 4.33. The van der Waals surface area contributed by atoms with Gasteiger partial charge in [-0.05, 0) is 62.5 Å². The van der Waals surface area contributed by atoms with E-state index in [-0.39, 0.29) is 6.04 Å². The van der Waals surface area contributed by atoms with E-state index in [4.69, 9.17) is 0 Å². The average Bonchev–Trinajstić information content (AvgIpc) is 3.45. The number of rotatable bonds is 6. The molecular weight excluding hydrogens is 376 g/mol. The summed E-state index contributed by atoms with van der Waals surface area (Å²) >= 11 is 0. The van der Waals surface area contributed by atoms with E-state index in [0.717, 1.165) is 43.9 Å². The number of benzene rings is 2. The predicted octanol–water partition coefficient (Wildman–Crippen LogP) is 3.31. The summed E-state index contributed by atoms with van der Waals surface area (Å²) in [7, 11) is 0. The van der Waals surface area contributed by atoms with Crippen molar-refractivity contribution in [2.45, 2.75) is 38.6 Å². The Morgan fingerprint density at radius 3 is 2.40 bits per heavy atom. The maximum atomic E-state index is 12.6.